The first kappa shape index (κ1) is 20.0. The van der Waals surface area contributed by atoms with Gasteiger partial charge in [0.15, 0.2) is 0 Å². The monoisotopic (exact) mass is 1110 g/mol. The number of benzene rings is 14. The van der Waals surface area contributed by atoms with E-state index < -0.39 is 370 Å². The molecule has 0 amide bonds. The number of hydrogen-bond acceptors (Lipinski definition) is 4. The molecule has 80 heavy (non-hydrogen) atoms. The summed E-state index contributed by atoms with van der Waals surface area (Å²) in [5.74, 6) is 0. The molecule has 0 saturated carbocycles. The van der Waals surface area contributed by atoms with E-state index in [1.54, 1.807) is 0 Å². The molecule has 0 atom stereocenters. The van der Waals surface area contributed by atoms with Gasteiger partial charge >= 0.3 is 0 Å². The molecule has 0 bridgehead atoms. The minimum atomic E-state index is -0.880. The average molecular weight is 1110 g/mol. The normalized spacial score (nSPS) is 19.7. The van der Waals surface area contributed by atoms with Gasteiger partial charge in [-0.2, -0.15) is 0 Å². The van der Waals surface area contributed by atoms with Crippen LogP contribution in [-0.4, -0.2) is 0 Å². The van der Waals surface area contributed by atoms with Crippen LogP contribution < -0.4 is 0 Å². The van der Waals surface area contributed by atoms with Crippen molar-refractivity contribution in [1.29, 1.82) is 0 Å². The lowest BCUT2D eigenvalue weighted by Gasteiger charge is -2.18. The predicted molar refractivity (Wildman–Crippen MR) is 351 cm³/mol. The van der Waals surface area contributed by atoms with Gasteiger partial charge in [0, 0.05) is 88.0 Å². The van der Waals surface area contributed by atoms with Gasteiger partial charge in [-0.3, -0.25) is 0 Å². The topological polar surface area (TPSA) is 13.1 Å². The van der Waals surface area contributed by atoms with Crippen molar-refractivity contribution >= 4 is 160 Å². The molecular formula is C76H44OS3. The molecule has 0 N–H and O–H groups in total. The molecule has 0 aliphatic heterocycles. The minimum absolute atomic E-state index is 0.0415. The van der Waals surface area contributed by atoms with Gasteiger partial charge < -0.3 is 4.42 Å². The van der Waals surface area contributed by atoms with Crippen molar-refractivity contribution in [3.05, 3.63) is 266 Å². The summed E-state index contributed by atoms with van der Waals surface area (Å²) >= 11 is 2.09. The quantitative estimate of drug-likeness (QED) is 0.160. The summed E-state index contributed by atoms with van der Waals surface area (Å²) in [6.07, 6.45) is 0. The van der Waals surface area contributed by atoms with Gasteiger partial charge in [0.1, 0.15) is 11.2 Å². The number of rotatable bonds is 4. The number of hydrogen-bond donors (Lipinski definition) is 0. The lowest BCUT2D eigenvalue weighted by atomic mass is 9.85. The van der Waals surface area contributed by atoms with Crippen molar-refractivity contribution in [2.75, 3.05) is 0 Å². The van der Waals surface area contributed by atoms with Crippen LogP contribution in [-0.2, 0) is 0 Å². The van der Waals surface area contributed by atoms with E-state index >= 15 is 0 Å². The maximum absolute atomic E-state index is 9.57. The van der Waals surface area contributed by atoms with Crippen LogP contribution in [0, 0.1) is 0 Å². The molecule has 14 aromatic carbocycles. The van der Waals surface area contributed by atoms with E-state index in [1.165, 1.54) is 0 Å². The third kappa shape index (κ3) is 6.93. The van der Waals surface area contributed by atoms with Crippen LogP contribution in [0.2, 0.25) is 0 Å². The standard InChI is InChI=1S/C38H22OS.C38H22S2/c1-3-15-27-25(13-1)35(31-19-9-17-29-23-11-5-7-21-33(23)39-37(29)31)26-14-2-4-16-28(26)36(27)32-20-10-18-30-24-12-6-8-22-34(24)40-38(30)32;1-2-12-30-29(11-1)37(23-17-19-27-25-9-5-7-15-33(25)39-35(27)21-23)31-13-3-4-14-32(31)38(30)24-18-20-28-26-10-6-8-16-34(26)40-36(28)22-24/h2*1-22H/i2*1D,2D,3D,4D,5D,6D,7D,8D,9D,10D,11D,12D,13D,14D,15D,16D,17D,18D,19D,20D,21D,22D. The largest absolute Gasteiger partial charge is 0.455 e. The number of thiophene rings is 3. The number of furan rings is 1. The van der Waals surface area contributed by atoms with E-state index in [2.05, 4.69) is 0 Å². The predicted octanol–water partition coefficient (Wildman–Crippen LogP) is 23.7. The highest BCUT2D eigenvalue weighted by atomic mass is 32.1. The van der Waals surface area contributed by atoms with Gasteiger partial charge in [0.25, 0.3) is 0 Å². The Kier molecular flexibility index (Phi) is 4.53. The zero-order valence-corrected chi connectivity index (χ0v) is 42.1. The van der Waals surface area contributed by atoms with E-state index in [4.69, 9.17) is 42.8 Å². The second kappa shape index (κ2) is 18.1. The highest BCUT2D eigenvalue weighted by molar-refractivity contribution is 7.27. The van der Waals surface area contributed by atoms with Gasteiger partial charge in [-0.25, -0.2) is 0 Å². The third-order valence-electron chi connectivity index (χ3n) is 13.4. The fourth-order valence-electron chi connectivity index (χ4n) is 10.1. The van der Waals surface area contributed by atoms with Gasteiger partial charge in [0.05, 0.1) is 60.3 Å². The van der Waals surface area contributed by atoms with Crippen molar-refractivity contribution in [2.45, 2.75) is 0 Å². The lowest BCUT2D eigenvalue weighted by molar-refractivity contribution is 0.670. The van der Waals surface area contributed by atoms with Gasteiger partial charge in [-0.15, -0.1) is 34.0 Å². The summed E-state index contributed by atoms with van der Waals surface area (Å²) < 4.78 is 397. The van der Waals surface area contributed by atoms with E-state index in [9.17, 15) is 21.9 Å². The van der Waals surface area contributed by atoms with Gasteiger partial charge in [-0.1, -0.05) is 230 Å². The van der Waals surface area contributed by atoms with Gasteiger partial charge in [-0.05, 0) is 107 Å². The van der Waals surface area contributed by atoms with Crippen molar-refractivity contribution in [3.63, 3.8) is 0 Å². The fourth-order valence-corrected chi connectivity index (χ4v) is 13.1. The Balaban J connectivity index is 0.000000176. The molecule has 4 heterocycles. The second-order valence-corrected chi connectivity index (χ2v) is 20.6. The maximum Gasteiger partial charge on any atom is 0.143 e. The average Bonchev–Trinajstić information content (AvgIpc) is 0.862. The van der Waals surface area contributed by atoms with Crippen LogP contribution in [0.1, 0.15) is 60.3 Å². The maximum atomic E-state index is 9.57. The van der Waals surface area contributed by atoms with E-state index in [-0.39, 0.29) is 65.9 Å². The van der Waals surface area contributed by atoms with Crippen LogP contribution in [0.15, 0.2) is 270 Å². The molecule has 4 aromatic heterocycles. The molecule has 0 fully saturated rings. The lowest BCUT2D eigenvalue weighted by Crippen LogP contribution is -1.91. The van der Waals surface area contributed by atoms with E-state index in [0.29, 0.717) is 34.0 Å². The Morgan fingerprint density at radius 3 is 1.06 bits per heavy atom. The molecule has 372 valence electrons. The van der Waals surface area contributed by atoms with Crippen LogP contribution in [0.5, 0.6) is 0 Å². The molecule has 18 rings (SSSR count). The van der Waals surface area contributed by atoms with Crippen LogP contribution in [0.4, 0.5) is 0 Å². The van der Waals surface area contributed by atoms with E-state index in [0.717, 1.165) is 0 Å². The number of fused-ring (bicyclic) bond motifs is 16. The molecule has 4 heteroatoms. The Bertz CT molecular complexity index is 7650. The van der Waals surface area contributed by atoms with Gasteiger partial charge in [0.2, 0.25) is 0 Å². The smallest absolute Gasteiger partial charge is 0.143 e. The zero-order valence-electron chi connectivity index (χ0n) is 83.6. The Hall–Kier alpha value is -9.42. The van der Waals surface area contributed by atoms with Crippen LogP contribution >= 0.6 is 34.0 Å². The van der Waals surface area contributed by atoms with Crippen LogP contribution in [0.3, 0.4) is 0 Å². The summed E-state index contributed by atoms with van der Waals surface area (Å²) in [4.78, 5) is 0. The van der Waals surface area contributed by atoms with E-state index in [1.807, 2.05) is 0 Å². The molecule has 0 aliphatic rings. The molecule has 0 aliphatic carbocycles. The zero-order chi connectivity index (χ0) is 90.7. The number of para-hydroxylation sites is 2. The Morgan fingerprint density at radius 1 is 0.237 bits per heavy atom. The van der Waals surface area contributed by atoms with Crippen molar-refractivity contribution in [2.24, 2.45) is 0 Å². The highest BCUT2D eigenvalue weighted by Gasteiger charge is 2.23. The second-order valence-electron chi connectivity index (χ2n) is 17.5. The first-order valence-corrected chi connectivity index (χ1v) is 26.1. The molecule has 0 spiro atoms. The first-order valence-electron chi connectivity index (χ1n) is 45.6. The van der Waals surface area contributed by atoms with Crippen molar-refractivity contribution in [1.82, 2.24) is 0 Å². The summed E-state index contributed by atoms with van der Waals surface area (Å²) in [5, 5.41) is -6.14. The van der Waals surface area contributed by atoms with Crippen molar-refractivity contribution < 1.29 is 64.7 Å². The molecule has 1 nitrogen and oxygen atoms in total. The molecular weight excluding hydrogens is 1030 g/mol. The minimum Gasteiger partial charge on any atom is -0.455 e. The molecule has 0 unspecified atom stereocenters. The van der Waals surface area contributed by atoms with Crippen molar-refractivity contribution in [3.8, 4) is 44.5 Å². The Labute approximate surface area is 533 Å². The fraction of sp³-hybridized carbons (Fsp3) is 0. The Morgan fingerprint density at radius 2 is 0.575 bits per heavy atom. The molecule has 0 radical (unpaired) electrons. The summed E-state index contributed by atoms with van der Waals surface area (Å²) in [7, 11) is 0. The van der Waals surface area contributed by atoms with Crippen LogP contribution in [0.25, 0.3) is 170 Å². The molecule has 18 aromatic rings. The summed E-state index contributed by atoms with van der Waals surface area (Å²) in [6.45, 7) is 0. The summed E-state index contributed by atoms with van der Waals surface area (Å²) in [5.41, 5.74) is -5.14. The third-order valence-corrected chi connectivity index (χ3v) is 16.6. The summed E-state index contributed by atoms with van der Waals surface area (Å²) in [6, 6.07) is -32.0. The highest BCUT2D eigenvalue weighted by Crippen LogP contribution is 2.51. The first-order chi connectivity index (χ1) is 58.0. The SMILES string of the molecule is [2H]c1c([2H])c([2H])c2c(oc3c(-c4c5c([2H])c([2H])c([2H])c([2H])c5c(-c5c([2H])c([2H])c([2H])c6c5sc5c([2H])c([2H])c([2H])c([2H])c56)c5c([2H])c([2H])c([2H])c([2H])c45)c([2H])c([2H])c([2H])c32)c1[2H].[2H]c1c([2H])c([2H])c2c(sc3c([2H])c(-c4c5c([2H])c([2H])c([2H])c([2H])c5c(-c5c([2H])c([2H])c6c(sc7c([2H])c([2H])c([2H])c([2H])c76)c5[2H])c5c([2H])c([2H])c([2H])c([2H])c45)c([2H])c([2H])c32)c1[2H]. The molecule has 0 saturated heterocycles.